The molecule has 1 aliphatic heterocycles. The lowest BCUT2D eigenvalue weighted by atomic mass is 10.1. The van der Waals surface area contributed by atoms with E-state index in [9.17, 15) is 13.2 Å². The van der Waals surface area contributed by atoms with Gasteiger partial charge in [0.2, 0.25) is 0 Å². The fraction of sp³-hybridized carbons (Fsp3) is 0.643. The maximum absolute atomic E-state index is 12.2. The SMILES string of the molecule is C=C1CCC/C1=C(/C)NC(=O)NS(=O)(=O)N1CCN(C)CC1. The molecule has 124 valence electrons. The van der Waals surface area contributed by atoms with Crippen molar-refractivity contribution in [3.05, 3.63) is 23.4 Å². The van der Waals surface area contributed by atoms with Crippen LogP contribution in [0.15, 0.2) is 23.4 Å². The van der Waals surface area contributed by atoms with E-state index in [1.54, 1.807) is 6.92 Å². The molecule has 0 radical (unpaired) electrons. The average molecular weight is 328 g/mol. The van der Waals surface area contributed by atoms with Crippen molar-refractivity contribution in [1.82, 2.24) is 19.2 Å². The first-order valence-corrected chi connectivity index (χ1v) is 8.89. The molecule has 1 heterocycles. The van der Waals surface area contributed by atoms with Gasteiger partial charge in [-0.25, -0.2) is 9.52 Å². The third kappa shape index (κ3) is 4.08. The maximum Gasteiger partial charge on any atom is 0.333 e. The summed E-state index contributed by atoms with van der Waals surface area (Å²) in [6, 6.07) is -0.719. The van der Waals surface area contributed by atoms with Gasteiger partial charge >= 0.3 is 16.2 Å². The number of nitrogens with zero attached hydrogens (tertiary/aromatic N) is 2. The van der Waals surface area contributed by atoms with Crippen LogP contribution in [0.3, 0.4) is 0 Å². The van der Waals surface area contributed by atoms with Gasteiger partial charge in [-0.3, -0.25) is 0 Å². The second-order valence-corrected chi connectivity index (χ2v) is 7.49. The van der Waals surface area contributed by atoms with Crippen LogP contribution >= 0.6 is 0 Å². The fourth-order valence-electron chi connectivity index (χ4n) is 2.74. The maximum atomic E-state index is 12.2. The van der Waals surface area contributed by atoms with Crippen molar-refractivity contribution in [2.45, 2.75) is 26.2 Å². The summed E-state index contributed by atoms with van der Waals surface area (Å²) in [5.74, 6) is 0. The molecule has 2 aliphatic rings. The second kappa shape index (κ2) is 6.80. The lowest BCUT2D eigenvalue weighted by Gasteiger charge is -2.31. The Bertz CT molecular complexity index is 589. The Morgan fingerprint density at radius 2 is 1.82 bits per heavy atom. The summed E-state index contributed by atoms with van der Waals surface area (Å²) in [5.41, 5.74) is 2.71. The highest BCUT2D eigenvalue weighted by Crippen LogP contribution is 2.30. The van der Waals surface area contributed by atoms with Gasteiger partial charge in [-0.2, -0.15) is 12.7 Å². The van der Waals surface area contributed by atoms with Gasteiger partial charge in [-0.05, 0) is 38.8 Å². The number of amides is 2. The van der Waals surface area contributed by atoms with Crippen LogP contribution in [0.1, 0.15) is 26.2 Å². The molecule has 0 bridgehead atoms. The molecule has 22 heavy (non-hydrogen) atoms. The van der Waals surface area contributed by atoms with Gasteiger partial charge in [-0.1, -0.05) is 12.2 Å². The molecule has 0 aromatic rings. The van der Waals surface area contributed by atoms with Gasteiger partial charge in [0.1, 0.15) is 0 Å². The Morgan fingerprint density at radius 1 is 1.18 bits per heavy atom. The van der Waals surface area contributed by atoms with E-state index in [0.717, 1.165) is 30.4 Å². The summed E-state index contributed by atoms with van der Waals surface area (Å²) in [7, 11) is -1.85. The quantitative estimate of drug-likeness (QED) is 0.802. The summed E-state index contributed by atoms with van der Waals surface area (Å²) in [5, 5.41) is 2.61. The zero-order chi connectivity index (χ0) is 16.3. The van der Waals surface area contributed by atoms with Crippen LogP contribution in [0.4, 0.5) is 4.79 Å². The smallest absolute Gasteiger partial charge is 0.311 e. The first-order chi connectivity index (χ1) is 10.3. The molecule has 1 saturated heterocycles. The number of hydrogen-bond donors (Lipinski definition) is 2. The van der Waals surface area contributed by atoms with Crippen molar-refractivity contribution in [3.8, 4) is 0 Å². The van der Waals surface area contributed by atoms with Crippen LogP contribution in [0.25, 0.3) is 0 Å². The monoisotopic (exact) mass is 328 g/mol. The van der Waals surface area contributed by atoms with E-state index < -0.39 is 16.2 Å². The van der Waals surface area contributed by atoms with E-state index in [1.165, 1.54) is 4.31 Å². The number of carbonyl (C=O) groups excluding carboxylic acids is 1. The molecule has 1 aliphatic carbocycles. The highest BCUT2D eigenvalue weighted by molar-refractivity contribution is 7.87. The molecular formula is C14H24N4O3S. The molecule has 0 aromatic heterocycles. The Morgan fingerprint density at radius 3 is 2.36 bits per heavy atom. The van der Waals surface area contributed by atoms with E-state index >= 15 is 0 Å². The number of urea groups is 1. The standard InChI is InChI=1S/C14H24N4O3S/c1-11-5-4-6-13(11)12(2)15-14(19)16-22(20,21)18-9-7-17(3)8-10-18/h1,4-10H2,2-3H3,(H2,15,16,19)/b13-12+. The predicted molar refractivity (Wildman–Crippen MR) is 85.3 cm³/mol. The van der Waals surface area contributed by atoms with Gasteiger partial charge in [0.25, 0.3) is 0 Å². The number of piperazine rings is 1. The first kappa shape index (κ1) is 17.0. The summed E-state index contributed by atoms with van der Waals surface area (Å²) >= 11 is 0. The molecule has 7 nitrogen and oxygen atoms in total. The first-order valence-electron chi connectivity index (χ1n) is 7.45. The molecule has 2 N–H and O–H groups in total. The van der Waals surface area contributed by atoms with Gasteiger partial charge < -0.3 is 10.2 Å². The van der Waals surface area contributed by atoms with Crippen molar-refractivity contribution in [2.75, 3.05) is 33.2 Å². The van der Waals surface area contributed by atoms with E-state index in [2.05, 4.69) is 16.6 Å². The van der Waals surface area contributed by atoms with Crippen molar-refractivity contribution in [3.63, 3.8) is 0 Å². The fourth-order valence-corrected chi connectivity index (χ4v) is 3.80. The van der Waals surface area contributed by atoms with Crippen LogP contribution in [0.2, 0.25) is 0 Å². The highest BCUT2D eigenvalue weighted by Gasteiger charge is 2.27. The number of carbonyl (C=O) groups is 1. The Balaban J connectivity index is 1.95. The molecule has 2 amide bonds. The van der Waals surface area contributed by atoms with Gasteiger partial charge in [-0.15, -0.1) is 0 Å². The van der Waals surface area contributed by atoms with E-state index in [4.69, 9.17) is 0 Å². The molecule has 2 fully saturated rings. The topological polar surface area (TPSA) is 81.8 Å². The minimum absolute atomic E-state index is 0.385. The van der Waals surface area contributed by atoms with E-state index in [0.29, 0.717) is 31.9 Å². The molecular weight excluding hydrogens is 304 g/mol. The summed E-state index contributed by atoms with van der Waals surface area (Å²) < 4.78 is 27.7. The number of hydrogen-bond acceptors (Lipinski definition) is 4. The van der Waals surface area contributed by atoms with Crippen LogP contribution in [0.5, 0.6) is 0 Å². The van der Waals surface area contributed by atoms with Crippen LogP contribution in [0, 0.1) is 0 Å². The van der Waals surface area contributed by atoms with E-state index in [1.807, 2.05) is 11.9 Å². The normalized spacial score (nSPS) is 23.5. The lowest BCUT2D eigenvalue weighted by Crippen LogP contribution is -2.53. The zero-order valence-corrected chi connectivity index (χ0v) is 14.0. The van der Waals surface area contributed by atoms with Gasteiger partial charge in [0.05, 0.1) is 0 Å². The molecule has 1 saturated carbocycles. The van der Waals surface area contributed by atoms with Crippen molar-refractivity contribution in [2.24, 2.45) is 0 Å². The average Bonchev–Trinajstić information content (AvgIpc) is 2.84. The van der Waals surface area contributed by atoms with Crippen LogP contribution in [-0.4, -0.2) is 56.9 Å². The molecule has 0 spiro atoms. The van der Waals surface area contributed by atoms with Crippen molar-refractivity contribution < 1.29 is 13.2 Å². The predicted octanol–water partition coefficient (Wildman–Crippen LogP) is 0.792. The molecule has 0 aromatic carbocycles. The summed E-state index contributed by atoms with van der Waals surface area (Å²) in [6.45, 7) is 7.82. The number of nitrogens with one attached hydrogen (secondary N) is 2. The minimum atomic E-state index is -3.79. The van der Waals surface area contributed by atoms with Gasteiger partial charge in [0, 0.05) is 31.9 Å². The van der Waals surface area contributed by atoms with Crippen LogP contribution < -0.4 is 10.0 Å². The zero-order valence-electron chi connectivity index (χ0n) is 13.2. The Kier molecular flexibility index (Phi) is 5.25. The van der Waals surface area contributed by atoms with Crippen LogP contribution in [-0.2, 0) is 10.2 Å². The van der Waals surface area contributed by atoms with Crippen molar-refractivity contribution >= 4 is 16.2 Å². The van der Waals surface area contributed by atoms with Gasteiger partial charge in [0.15, 0.2) is 0 Å². The Hall–Kier alpha value is -1.38. The Labute approximate surface area is 132 Å². The number of allylic oxidation sites excluding steroid dienone is 3. The molecule has 0 unspecified atom stereocenters. The number of likely N-dealkylation sites (N-methyl/N-ethyl adjacent to an activating group) is 1. The third-order valence-electron chi connectivity index (χ3n) is 4.11. The molecule has 0 atom stereocenters. The molecule has 8 heteroatoms. The minimum Gasteiger partial charge on any atom is -0.311 e. The molecule has 2 rings (SSSR count). The largest absolute Gasteiger partial charge is 0.333 e. The van der Waals surface area contributed by atoms with Crippen molar-refractivity contribution in [1.29, 1.82) is 0 Å². The summed E-state index contributed by atoms with van der Waals surface area (Å²) in [6.07, 6.45) is 2.82. The highest BCUT2D eigenvalue weighted by atomic mass is 32.2. The lowest BCUT2D eigenvalue weighted by molar-refractivity contribution is 0.219. The second-order valence-electron chi connectivity index (χ2n) is 5.82. The summed E-state index contributed by atoms with van der Waals surface area (Å²) in [4.78, 5) is 14.0. The van der Waals surface area contributed by atoms with E-state index in [-0.39, 0.29) is 0 Å². The number of rotatable bonds is 3. The third-order valence-corrected chi connectivity index (χ3v) is 5.60.